The molecule has 3 aromatic heterocycles. The van der Waals surface area contributed by atoms with E-state index in [9.17, 15) is 9.90 Å². The van der Waals surface area contributed by atoms with Gasteiger partial charge in [0.15, 0.2) is 0 Å². The van der Waals surface area contributed by atoms with Gasteiger partial charge in [0, 0.05) is 87.8 Å². The number of piperidine rings is 1. The lowest BCUT2D eigenvalue weighted by Crippen LogP contribution is -2.34. The number of aryl methyl sites for hydroxylation is 2. The summed E-state index contributed by atoms with van der Waals surface area (Å²) in [5.41, 5.74) is 5.90. The van der Waals surface area contributed by atoms with E-state index in [2.05, 4.69) is 39.5 Å². The van der Waals surface area contributed by atoms with Crippen molar-refractivity contribution in [2.75, 3.05) is 19.6 Å². The summed E-state index contributed by atoms with van der Waals surface area (Å²) in [4.78, 5) is 18.5. The molecule has 156 valence electrons. The summed E-state index contributed by atoms with van der Waals surface area (Å²) in [5.74, 6) is 0.232. The highest BCUT2D eigenvalue weighted by molar-refractivity contribution is 5.85. The van der Waals surface area contributed by atoms with Crippen molar-refractivity contribution in [3.05, 3.63) is 71.3 Å². The molecule has 2 aliphatic heterocycles. The van der Waals surface area contributed by atoms with Gasteiger partial charge in [-0.25, -0.2) is 9.78 Å². The third kappa shape index (κ3) is 3.29. The van der Waals surface area contributed by atoms with Crippen LogP contribution < -0.4 is 0 Å². The molecule has 0 atom stereocenters. The Balaban J connectivity index is 1.35. The highest BCUT2D eigenvalue weighted by atomic mass is 16.4. The maximum Gasteiger partial charge on any atom is 0.352 e. The van der Waals surface area contributed by atoms with Gasteiger partial charge in [0.1, 0.15) is 11.5 Å². The molecule has 1 fully saturated rings. The van der Waals surface area contributed by atoms with Crippen molar-refractivity contribution in [1.29, 1.82) is 0 Å². The number of hydrogen-bond donors (Lipinski definition) is 1. The number of carboxylic acid groups (broad SMARTS) is 1. The first-order chi connectivity index (χ1) is 14.6. The van der Waals surface area contributed by atoms with Crippen molar-refractivity contribution in [1.82, 2.24) is 23.6 Å². The fraction of sp³-hybridized carbons (Fsp3) is 0.391. The third-order valence-electron chi connectivity index (χ3n) is 6.52. The van der Waals surface area contributed by atoms with Crippen molar-refractivity contribution < 1.29 is 9.90 Å². The molecule has 0 aliphatic carbocycles. The molecule has 0 bridgehead atoms. The molecule has 3 aromatic rings. The van der Waals surface area contributed by atoms with Crippen LogP contribution in [-0.4, -0.2) is 54.3 Å². The van der Waals surface area contributed by atoms with Gasteiger partial charge >= 0.3 is 5.97 Å². The molecule has 0 aromatic carbocycles. The Labute approximate surface area is 175 Å². The van der Waals surface area contributed by atoms with E-state index in [-0.39, 0.29) is 0 Å². The van der Waals surface area contributed by atoms with Gasteiger partial charge in [0.2, 0.25) is 0 Å². The van der Waals surface area contributed by atoms with E-state index in [4.69, 9.17) is 4.98 Å². The number of carboxylic acids is 1. The minimum atomic E-state index is -0.867. The SMILES string of the molecule is Cn1ccc2c1CCn1ccnc1C2=C1CCN(CCn2cccc2C(=O)O)CC1. The predicted molar refractivity (Wildman–Crippen MR) is 114 cm³/mol. The van der Waals surface area contributed by atoms with E-state index < -0.39 is 5.97 Å². The number of likely N-dealkylation sites (tertiary alicyclic amines) is 1. The van der Waals surface area contributed by atoms with E-state index in [1.807, 2.05) is 17.0 Å². The van der Waals surface area contributed by atoms with Gasteiger partial charge in [-0.05, 0) is 31.0 Å². The molecule has 1 saturated heterocycles. The molecule has 2 aliphatic rings. The van der Waals surface area contributed by atoms with E-state index in [0.29, 0.717) is 12.2 Å². The number of carbonyl (C=O) groups is 1. The summed E-state index contributed by atoms with van der Waals surface area (Å²) >= 11 is 0. The number of imidazole rings is 1. The topological polar surface area (TPSA) is 68.2 Å². The van der Waals surface area contributed by atoms with Crippen LogP contribution >= 0.6 is 0 Å². The molecule has 1 N–H and O–H groups in total. The predicted octanol–water partition coefficient (Wildman–Crippen LogP) is 2.88. The maximum absolute atomic E-state index is 11.3. The minimum absolute atomic E-state index is 0.358. The number of hydrogen-bond acceptors (Lipinski definition) is 3. The van der Waals surface area contributed by atoms with Gasteiger partial charge in [-0.2, -0.15) is 0 Å². The van der Waals surface area contributed by atoms with Gasteiger partial charge in [-0.15, -0.1) is 0 Å². The summed E-state index contributed by atoms with van der Waals surface area (Å²) in [5, 5.41) is 9.29. The standard InChI is InChI=1S/C23H27N5O2/c1-25-10-6-18-19(25)7-13-28-14-8-24-22(28)21(18)17-4-11-26(12-5-17)15-16-27-9-2-3-20(27)23(29)30/h2-3,6,8-10,14H,4-5,7,11-13,15-16H2,1H3,(H,29,30). The van der Waals surface area contributed by atoms with Crippen molar-refractivity contribution in [2.45, 2.75) is 32.4 Å². The molecule has 5 rings (SSSR count). The number of fused-ring (bicyclic) bond motifs is 2. The van der Waals surface area contributed by atoms with Crippen LogP contribution in [0.25, 0.3) is 5.57 Å². The van der Waals surface area contributed by atoms with Gasteiger partial charge < -0.3 is 23.7 Å². The molecule has 0 amide bonds. The fourth-order valence-corrected chi connectivity index (χ4v) is 4.86. The van der Waals surface area contributed by atoms with Gasteiger partial charge in [0.25, 0.3) is 0 Å². The average Bonchev–Trinajstić information content (AvgIpc) is 3.46. The molecule has 0 radical (unpaired) electrons. The second kappa shape index (κ2) is 7.65. The summed E-state index contributed by atoms with van der Waals surface area (Å²) in [6.07, 6.45) is 11.1. The zero-order valence-electron chi connectivity index (χ0n) is 17.3. The lowest BCUT2D eigenvalue weighted by molar-refractivity contribution is 0.0684. The lowest BCUT2D eigenvalue weighted by atomic mass is 9.92. The number of aromatic nitrogens is 4. The first-order valence-electron chi connectivity index (χ1n) is 10.6. The molecule has 0 unspecified atom stereocenters. The second-order valence-corrected chi connectivity index (χ2v) is 8.19. The lowest BCUT2D eigenvalue weighted by Gasteiger charge is -2.30. The smallest absolute Gasteiger partial charge is 0.352 e. The van der Waals surface area contributed by atoms with Crippen LogP contribution in [0.3, 0.4) is 0 Å². The van der Waals surface area contributed by atoms with Crippen LogP contribution in [0, 0.1) is 0 Å². The zero-order valence-corrected chi connectivity index (χ0v) is 17.3. The van der Waals surface area contributed by atoms with Crippen LogP contribution in [0.4, 0.5) is 0 Å². The highest BCUT2D eigenvalue weighted by Gasteiger charge is 2.26. The van der Waals surface area contributed by atoms with Crippen molar-refractivity contribution >= 4 is 11.5 Å². The summed E-state index contributed by atoms with van der Waals surface area (Å²) < 4.78 is 6.36. The minimum Gasteiger partial charge on any atom is -0.477 e. The Kier molecular flexibility index (Phi) is 4.83. The van der Waals surface area contributed by atoms with Gasteiger partial charge in [-0.3, -0.25) is 0 Å². The van der Waals surface area contributed by atoms with Crippen molar-refractivity contribution in [3.63, 3.8) is 0 Å². The number of rotatable bonds is 4. The van der Waals surface area contributed by atoms with E-state index >= 15 is 0 Å². The molecule has 5 heterocycles. The highest BCUT2D eigenvalue weighted by Crippen LogP contribution is 2.36. The third-order valence-corrected chi connectivity index (χ3v) is 6.52. The monoisotopic (exact) mass is 405 g/mol. The summed E-state index contributed by atoms with van der Waals surface area (Å²) in [6, 6.07) is 5.70. The Bertz CT molecular complexity index is 1110. The molecule has 30 heavy (non-hydrogen) atoms. The number of nitrogens with zero attached hydrogens (tertiary/aromatic N) is 5. The molecule has 0 spiro atoms. The molecule has 7 heteroatoms. The number of aromatic carboxylic acids is 1. The van der Waals surface area contributed by atoms with Crippen LogP contribution in [0.5, 0.6) is 0 Å². The second-order valence-electron chi connectivity index (χ2n) is 8.19. The Morgan fingerprint density at radius 3 is 2.70 bits per heavy atom. The quantitative estimate of drug-likeness (QED) is 0.725. The Morgan fingerprint density at radius 2 is 1.90 bits per heavy atom. The van der Waals surface area contributed by atoms with Gasteiger partial charge in [-0.1, -0.05) is 5.57 Å². The normalized spacial score (nSPS) is 17.0. The van der Waals surface area contributed by atoms with E-state index in [1.54, 1.807) is 12.1 Å². The molecule has 7 nitrogen and oxygen atoms in total. The van der Waals surface area contributed by atoms with E-state index in [0.717, 1.165) is 51.3 Å². The summed E-state index contributed by atoms with van der Waals surface area (Å²) in [7, 11) is 2.13. The average molecular weight is 406 g/mol. The Hall–Kier alpha value is -3.06. The largest absolute Gasteiger partial charge is 0.477 e. The first-order valence-corrected chi connectivity index (χ1v) is 10.6. The molecular weight excluding hydrogens is 378 g/mol. The first kappa shape index (κ1) is 18.9. The zero-order chi connectivity index (χ0) is 20.7. The van der Waals surface area contributed by atoms with E-state index in [1.165, 1.54) is 22.4 Å². The van der Waals surface area contributed by atoms with Crippen molar-refractivity contribution in [2.24, 2.45) is 7.05 Å². The summed E-state index contributed by atoms with van der Waals surface area (Å²) in [6.45, 7) is 4.51. The van der Waals surface area contributed by atoms with Crippen LogP contribution in [0.1, 0.15) is 40.4 Å². The van der Waals surface area contributed by atoms with Crippen molar-refractivity contribution in [3.8, 4) is 0 Å². The molecular formula is C23H27N5O2. The fourth-order valence-electron chi connectivity index (χ4n) is 4.86. The Morgan fingerprint density at radius 1 is 1.07 bits per heavy atom. The van der Waals surface area contributed by atoms with Gasteiger partial charge in [0.05, 0.1) is 0 Å². The van der Waals surface area contributed by atoms with Crippen LogP contribution in [0.15, 0.2) is 48.6 Å². The van der Waals surface area contributed by atoms with Crippen LogP contribution in [0.2, 0.25) is 0 Å². The maximum atomic E-state index is 11.3. The molecule has 0 saturated carbocycles. The van der Waals surface area contributed by atoms with Crippen LogP contribution in [-0.2, 0) is 26.6 Å².